The fraction of sp³-hybridized carbons (Fsp3) is 0.0769. The van der Waals surface area contributed by atoms with Crippen LogP contribution in [0.1, 0.15) is 15.9 Å². The monoisotopic (exact) mass is 354 g/mol. The fourth-order valence-corrected chi connectivity index (χ4v) is 1.95. The van der Waals surface area contributed by atoms with Gasteiger partial charge < -0.3 is 10.5 Å². The van der Waals surface area contributed by atoms with Crippen molar-refractivity contribution in [2.45, 2.75) is 6.92 Å². The molecule has 0 aliphatic carbocycles. The minimum Gasteiger partial charge on any atom is -0.619 e. The number of nitrogens with zero attached hydrogens (tertiary/aromatic N) is 1. The van der Waals surface area contributed by atoms with Gasteiger partial charge in [-0.1, -0.05) is 6.07 Å². The third-order valence-corrected chi connectivity index (χ3v) is 3.66. The number of benzene rings is 1. The third kappa shape index (κ3) is 2.98. The van der Waals surface area contributed by atoms with E-state index in [2.05, 4.69) is 27.9 Å². The Kier molecular flexibility index (Phi) is 3.81. The Bertz CT molecular complexity index is 582. The molecule has 1 amide bonds. The quantitative estimate of drug-likeness (QED) is 0.512. The molecule has 0 saturated heterocycles. The summed E-state index contributed by atoms with van der Waals surface area (Å²) < 4.78 is 1.74. The highest BCUT2D eigenvalue weighted by molar-refractivity contribution is 14.1. The van der Waals surface area contributed by atoms with Crippen LogP contribution in [-0.4, -0.2) is 5.91 Å². The summed E-state index contributed by atoms with van der Waals surface area (Å²) >= 11 is 2.22. The van der Waals surface area contributed by atoms with Gasteiger partial charge in [0.25, 0.3) is 5.91 Å². The lowest BCUT2D eigenvalue weighted by atomic mass is 10.2. The highest BCUT2D eigenvalue weighted by atomic mass is 127. The van der Waals surface area contributed by atoms with Gasteiger partial charge in [0.15, 0.2) is 12.4 Å². The number of amides is 1. The molecule has 0 aliphatic heterocycles. The maximum Gasteiger partial charge on any atom is 0.256 e. The molecule has 0 atom stereocenters. The molecule has 0 aliphatic rings. The predicted molar refractivity (Wildman–Crippen MR) is 77.3 cm³/mol. The summed E-state index contributed by atoms with van der Waals surface area (Å²) in [5, 5.41) is 13.7. The summed E-state index contributed by atoms with van der Waals surface area (Å²) in [5.41, 5.74) is 2.37. The van der Waals surface area contributed by atoms with E-state index in [9.17, 15) is 10.0 Å². The van der Waals surface area contributed by atoms with Crippen LogP contribution in [0.4, 0.5) is 5.69 Å². The van der Waals surface area contributed by atoms with Gasteiger partial charge in [-0.3, -0.25) is 4.79 Å². The first-order chi connectivity index (χ1) is 8.56. The zero-order chi connectivity index (χ0) is 13.1. The molecule has 1 aromatic carbocycles. The average Bonchev–Trinajstić information content (AvgIpc) is 2.34. The normalized spacial score (nSPS) is 10.1. The summed E-state index contributed by atoms with van der Waals surface area (Å²) in [5.74, 6) is -0.227. The second-order valence-electron chi connectivity index (χ2n) is 3.86. The largest absolute Gasteiger partial charge is 0.619 e. The summed E-state index contributed by atoms with van der Waals surface area (Å²) in [7, 11) is 0. The van der Waals surface area contributed by atoms with E-state index in [-0.39, 0.29) is 5.91 Å². The van der Waals surface area contributed by atoms with Crippen LogP contribution in [0.3, 0.4) is 0 Å². The highest BCUT2D eigenvalue weighted by Gasteiger charge is 2.07. The van der Waals surface area contributed by atoms with Gasteiger partial charge in [0.05, 0.1) is 5.56 Å². The van der Waals surface area contributed by atoms with Gasteiger partial charge in [-0.2, -0.15) is 4.73 Å². The highest BCUT2D eigenvalue weighted by Crippen LogP contribution is 2.17. The summed E-state index contributed by atoms with van der Waals surface area (Å²) in [6.07, 6.45) is 2.60. The van der Waals surface area contributed by atoms with Gasteiger partial charge in [-0.05, 0) is 47.2 Å². The lowest BCUT2D eigenvalue weighted by Crippen LogP contribution is -2.25. The van der Waals surface area contributed by atoms with Crippen molar-refractivity contribution in [2.24, 2.45) is 0 Å². The number of rotatable bonds is 2. The Labute approximate surface area is 118 Å². The van der Waals surface area contributed by atoms with E-state index in [1.54, 1.807) is 0 Å². The molecule has 18 heavy (non-hydrogen) atoms. The Morgan fingerprint density at radius 2 is 1.94 bits per heavy atom. The molecule has 0 saturated carbocycles. The van der Waals surface area contributed by atoms with Crippen LogP contribution >= 0.6 is 22.6 Å². The topological polar surface area (TPSA) is 56.0 Å². The standard InChI is InChI=1S/C13H11IN2O2/c1-9-2-3-11(8-12(9)14)15-13(17)10-4-6-16(18)7-5-10/h2-8H,1H3,(H,15,17). The predicted octanol–water partition coefficient (Wildman–Crippen LogP) is 2.49. The van der Waals surface area contributed by atoms with E-state index < -0.39 is 0 Å². The van der Waals surface area contributed by atoms with Crippen LogP contribution in [0.15, 0.2) is 42.7 Å². The maximum absolute atomic E-state index is 11.9. The molecule has 5 heteroatoms. The van der Waals surface area contributed by atoms with Gasteiger partial charge in [0, 0.05) is 21.4 Å². The Morgan fingerprint density at radius 1 is 1.28 bits per heavy atom. The molecule has 0 radical (unpaired) electrons. The summed E-state index contributed by atoms with van der Waals surface area (Å²) in [6.45, 7) is 2.01. The summed E-state index contributed by atoms with van der Waals surface area (Å²) in [4.78, 5) is 11.9. The van der Waals surface area contributed by atoms with Gasteiger partial charge in [-0.15, -0.1) is 0 Å². The molecule has 2 rings (SSSR count). The van der Waals surface area contributed by atoms with E-state index >= 15 is 0 Å². The van der Waals surface area contributed by atoms with Crippen LogP contribution in [0.2, 0.25) is 0 Å². The van der Waals surface area contributed by atoms with Crippen LogP contribution in [-0.2, 0) is 0 Å². The van der Waals surface area contributed by atoms with Gasteiger partial charge >= 0.3 is 0 Å². The Morgan fingerprint density at radius 3 is 2.56 bits per heavy atom. The Balaban J connectivity index is 2.16. The molecule has 0 fully saturated rings. The number of carbonyl (C=O) groups excluding carboxylic acids is 1. The number of halogens is 1. The number of aryl methyl sites for hydroxylation is 1. The number of carbonyl (C=O) groups is 1. The van der Waals surface area contributed by atoms with Crippen molar-refractivity contribution >= 4 is 34.2 Å². The van der Waals surface area contributed by atoms with Crippen molar-refractivity contribution in [2.75, 3.05) is 5.32 Å². The molecule has 2 aromatic rings. The van der Waals surface area contributed by atoms with E-state index in [1.807, 2.05) is 25.1 Å². The second-order valence-corrected chi connectivity index (χ2v) is 5.03. The number of nitrogens with one attached hydrogen (secondary N) is 1. The average molecular weight is 354 g/mol. The first-order valence-electron chi connectivity index (χ1n) is 5.32. The number of hydrogen-bond acceptors (Lipinski definition) is 2. The minimum absolute atomic E-state index is 0.227. The van der Waals surface area contributed by atoms with Crippen molar-refractivity contribution in [3.05, 3.63) is 62.6 Å². The fourth-order valence-electron chi connectivity index (χ4n) is 1.44. The molecule has 0 unspecified atom stereocenters. The number of aromatic nitrogens is 1. The minimum atomic E-state index is -0.227. The number of pyridine rings is 1. The Hall–Kier alpha value is -1.63. The molecule has 1 N–H and O–H groups in total. The molecule has 4 nitrogen and oxygen atoms in total. The third-order valence-electron chi connectivity index (χ3n) is 2.49. The van der Waals surface area contributed by atoms with Crippen LogP contribution < -0.4 is 10.0 Å². The second kappa shape index (κ2) is 5.34. The number of anilines is 1. The molecule has 1 aromatic heterocycles. The SMILES string of the molecule is Cc1ccc(NC(=O)c2cc[n+]([O-])cc2)cc1I. The first kappa shape index (κ1) is 12.8. The van der Waals surface area contributed by atoms with Crippen LogP contribution in [0.5, 0.6) is 0 Å². The molecule has 1 heterocycles. The number of hydrogen-bond donors (Lipinski definition) is 1. The van der Waals surface area contributed by atoms with E-state index in [0.29, 0.717) is 10.3 Å². The van der Waals surface area contributed by atoms with Crippen molar-refractivity contribution in [3.8, 4) is 0 Å². The van der Waals surface area contributed by atoms with Crippen molar-refractivity contribution < 1.29 is 9.52 Å². The van der Waals surface area contributed by atoms with Gasteiger partial charge in [0.2, 0.25) is 0 Å². The van der Waals surface area contributed by atoms with Crippen molar-refractivity contribution in [3.63, 3.8) is 0 Å². The zero-order valence-electron chi connectivity index (χ0n) is 9.68. The molecular formula is C13H11IN2O2. The van der Waals surface area contributed by atoms with Crippen LogP contribution in [0.25, 0.3) is 0 Å². The van der Waals surface area contributed by atoms with Crippen LogP contribution in [0, 0.1) is 15.7 Å². The van der Waals surface area contributed by atoms with E-state index in [4.69, 9.17) is 0 Å². The van der Waals surface area contributed by atoms with E-state index in [1.165, 1.54) is 30.1 Å². The molecular weight excluding hydrogens is 343 g/mol. The van der Waals surface area contributed by atoms with Gasteiger partial charge in [0.1, 0.15) is 0 Å². The smallest absolute Gasteiger partial charge is 0.256 e. The van der Waals surface area contributed by atoms with E-state index in [0.717, 1.165) is 9.26 Å². The van der Waals surface area contributed by atoms with Crippen molar-refractivity contribution in [1.82, 2.24) is 0 Å². The zero-order valence-corrected chi connectivity index (χ0v) is 11.8. The lowest BCUT2D eigenvalue weighted by Gasteiger charge is -2.06. The molecule has 92 valence electrons. The van der Waals surface area contributed by atoms with Gasteiger partial charge in [-0.25, -0.2) is 0 Å². The maximum atomic E-state index is 11.9. The lowest BCUT2D eigenvalue weighted by molar-refractivity contribution is -0.605. The molecule has 0 spiro atoms. The summed E-state index contributed by atoms with van der Waals surface area (Å²) in [6, 6.07) is 8.69. The molecule has 0 bridgehead atoms. The first-order valence-corrected chi connectivity index (χ1v) is 6.40. The van der Waals surface area contributed by atoms with Crippen molar-refractivity contribution in [1.29, 1.82) is 0 Å².